The molecule has 5 heteroatoms. The normalized spacial score (nSPS) is 10.7. The lowest BCUT2D eigenvalue weighted by molar-refractivity contribution is -0.417. The fraction of sp³-hybridized carbons (Fsp3) is 0. The van der Waals surface area contributed by atoms with Crippen LogP contribution >= 0.6 is 0 Å². The number of hydrogen-bond acceptors (Lipinski definition) is 4. The van der Waals surface area contributed by atoms with E-state index < -0.39 is 10.6 Å². The van der Waals surface area contributed by atoms with E-state index in [-0.39, 0.29) is 6.29 Å². The molecule has 0 bridgehead atoms. The predicted octanol–water partition coefficient (Wildman–Crippen LogP) is 1.42. The van der Waals surface area contributed by atoms with Gasteiger partial charge in [-0.25, -0.2) is 0 Å². The molecule has 1 aromatic carbocycles. The number of rotatable bonds is 4. The maximum absolute atomic E-state index is 10.2. The highest BCUT2D eigenvalue weighted by atomic mass is 16.6. The van der Waals surface area contributed by atoms with Crippen molar-refractivity contribution in [3.05, 3.63) is 52.3 Å². The summed E-state index contributed by atoms with van der Waals surface area (Å²) in [6.45, 7) is 0. The Kier molecular flexibility index (Phi) is 3.37. The molecule has 72 valence electrons. The maximum Gasteiger partial charge on any atom is 0.324 e. The molecule has 14 heavy (non-hydrogen) atoms. The van der Waals surface area contributed by atoms with Crippen LogP contribution in [0.15, 0.2) is 42.2 Å². The number of nitrogens with zero attached hydrogens (tertiary/aromatic N) is 1. The number of hydrogen-bond donors (Lipinski definition) is 1. The Morgan fingerprint density at radius 1 is 1.36 bits per heavy atom. The number of benzene rings is 1. The van der Waals surface area contributed by atoms with E-state index in [9.17, 15) is 14.9 Å². The zero-order valence-electron chi connectivity index (χ0n) is 7.21. The molecule has 0 aromatic heterocycles. The van der Waals surface area contributed by atoms with Gasteiger partial charge < -0.3 is 5.32 Å². The van der Waals surface area contributed by atoms with Crippen molar-refractivity contribution in [1.82, 2.24) is 0 Å². The number of carbonyl (C=O) groups excluding carboxylic acids is 1. The highest BCUT2D eigenvalue weighted by molar-refractivity contribution is 5.70. The second kappa shape index (κ2) is 4.76. The molecule has 0 saturated heterocycles. The third-order valence-electron chi connectivity index (χ3n) is 1.49. The third-order valence-corrected chi connectivity index (χ3v) is 1.49. The first-order valence-corrected chi connectivity index (χ1v) is 3.85. The van der Waals surface area contributed by atoms with Gasteiger partial charge >= 0.3 is 5.70 Å². The molecule has 0 spiro atoms. The van der Waals surface area contributed by atoms with Crippen molar-refractivity contribution in [2.45, 2.75) is 0 Å². The van der Waals surface area contributed by atoms with Crippen molar-refractivity contribution in [2.75, 3.05) is 5.32 Å². The minimum atomic E-state index is -0.747. The molecule has 1 aromatic rings. The average molecular weight is 192 g/mol. The molecule has 1 rings (SSSR count). The van der Waals surface area contributed by atoms with Crippen LogP contribution in [0.2, 0.25) is 0 Å². The molecule has 0 heterocycles. The lowest BCUT2D eigenvalue weighted by Crippen LogP contribution is -2.02. The van der Waals surface area contributed by atoms with Crippen LogP contribution < -0.4 is 5.32 Å². The summed E-state index contributed by atoms with van der Waals surface area (Å²) in [5, 5.41) is 12.9. The van der Waals surface area contributed by atoms with Crippen LogP contribution in [0.3, 0.4) is 0 Å². The molecule has 0 saturated carbocycles. The monoisotopic (exact) mass is 192 g/mol. The van der Waals surface area contributed by atoms with Crippen LogP contribution in [0.4, 0.5) is 5.69 Å². The lowest BCUT2D eigenvalue weighted by Gasteiger charge is -1.97. The molecule has 0 radical (unpaired) electrons. The van der Waals surface area contributed by atoms with Gasteiger partial charge in [0.2, 0.25) is 6.29 Å². The highest BCUT2D eigenvalue weighted by Crippen LogP contribution is 2.05. The Hall–Kier alpha value is -2.17. The maximum atomic E-state index is 10.2. The van der Waals surface area contributed by atoms with Gasteiger partial charge in [-0.2, -0.15) is 0 Å². The topological polar surface area (TPSA) is 72.2 Å². The second-order valence-electron chi connectivity index (χ2n) is 2.45. The van der Waals surface area contributed by atoms with Crippen molar-refractivity contribution in [1.29, 1.82) is 0 Å². The van der Waals surface area contributed by atoms with Gasteiger partial charge in [-0.15, -0.1) is 0 Å². The van der Waals surface area contributed by atoms with E-state index in [0.717, 1.165) is 6.20 Å². The summed E-state index contributed by atoms with van der Waals surface area (Å²) in [5.41, 5.74) is 0.183. The molecule has 0 fully saturated rings. The Bertz CT molecular complexity index is 360. The van der Waals surface area contributed by atoms with E-state index in [0.29, 0.717) is 5.69 Å². The molecule has 0 aliphatic carbocycles. The van der Waals surface area contributed by atoms with Gasteiger partial charge in [0, 0.05) is 5.69 Å². The quantitative estimate of drug-likeness (QED) is 0.339. The predicted molar refractivity (Wildman–Crippen MR) is 51.2 cm³/mol. The number of nitrogens with one attached hydrogen (secondary N) is 1. The van der Waals surface area contributed by atoms with E-state index in [2.05, 4.69) is 5.32 Å². The van der Waals surface area contributed by atoms with Crippen LogP contribution in [0.1, 0.15) is 0 Å². The van der Waals surface area contributed by atoms with Gasteiger partial charge in [0.25, 0.3) is 0 Å². The molecule has 5 nitrogen and oxygen atoms in total. The number of nitro groups is 1. The first-order chi connectivity index (χ1) is 6.74. The number of aldehydes is 1. The summed E-state index contributed by atoms with van der Waals surface area (Å²) in [6, 6.07) is 8.85. The molecule has 0 amide bonds. The van der Waals surface area contributed by atoms with E-state index in [4.69, 9.17) is 0 Å². The van der Waals surface area contributed by atoms with Gasteiger partial charge in [0.15, 0.2) is 0 Å². The summed E-state index contributed by atoms with van der Waals surface area (Å²) >= 11 is 0. The van der Waals surface area contributed by atoms with Crippen LogP contribution in [0.25, 0.3) is 0 Å². The minimum Gasteiger partial charge on any atom is -0.356 e. The average Bonchev–Trinajstić information content (AvgIpc) is 2.20. The van der Waals surface area contributed by atoms with Crippen LogP contribution in [0, 0.1) is 10.1 Å². The van der Waals surface area contributed by atoms with Crippen molar-refractivity contribution in [3.8, 4) is 0 Å². The van der Waals surface area contributed by atoms with Crippen LogP contribution in [-0.4, -0.2) is 11.2 Å². The third kappa shape index (κ3) is 2.71. The molecule has 0 unspecified atom stereocenters. The Balaban J connectivity index is 2.71. The standard InChI is InChI=1S/C9H8N2O3/c12-7-9(11(13)14)6-10-8-4-2-1-3-5-8/h1-7,10H/b9-6+. The van der Waals surface area contributed by atoms with Crippen LogP contribution in [0.5, 0.6) is 0 Å². The summed E-state index contributed by atoms with van der Waals surface area (Å²) in [7, 11) is 0. The lowest BCUT2D eigenvalue weighted by atomic mass is 10.3. The molecular weight excluding hydrogens is 184 g/mol. The Labute approximate surface area is 80.2 Å². The highest BCUT2D eigenvalue weighted by Gasteiger charge is 2.06. The Morgan fingerprint density at radius 3 is 2.50 bits per heavy atom. The van der Waals surface area contributed by atoms with Crippen molar-refractivity contribution >= 4 is 12.0 Å². The Morgan fingerprint density at radius 2 is 2.00 bits per heavy atom. The van der Waals surface area contributed by atoms with Gasteiger partial charge in [-0.1, -0.05) is 18.2 Å². The second-order valence-corrected chi connectivity index (χ2v) is 2.45. The summed E-state index contributed by atoms with van der Waals surface area (Å²) in [5.74, 6) is 0. The number of para-hydroxylation sites is 1. The fourth-order valence-corrected chi connectivity index (χ4v) is 0.821. The molecule has 0 aliphatic heterocycles. The van der Waals surface area contributed by atoms with Gasteiger partial charge in [-0.05, 0) is 12.1 Å². The van der Waals surface area contributed by atoms with E-state index in [1.807, 2.05) is 6.07 Å². The zero-order chi connectivity index (χ0) is 10.4. The fourth-order valence-electron chi connectivity index (χ4n) is 0.821. The molecule has 0 atom stereocenters. The van der Waals surface area contributed by atoms with Gasteiger partial charge in [0.05, 0.1) is 11.1 Å². The van der Waals surface area contributed by atoms with Gasteiger partial charge in [-0.3, -0.25) is 14.9 Å². The zero-order valence-corrected chi connectivity index (χ0v) is 7.21. The van der Waals surface area contributed by atoms with Crippen molar-refractivity contribution in [3.63, 3.8) is 0 Å². The van der Waals surface area contributed by atoms with E-state index in [1.54, 1.807) is 24.3 Å². The molecule has 0 aliphatic rings. The largest absolute Gasteiger partial charge is 0.356 e. The first kappa shape index (κ1) is 9.91. The molecule has 1 N–H and O–H groups in total. The van der Waals surface area contributed by atoms with E-state index in [1.165, 1.54) is 0 Å². The van der Waals surface area contributed by atoms with E-state index >= 15 is 0 Å². The van der Waals surface area contributed by atoms with Gasteiger partial charge in [0.1, 0.15) is 0 Å². The SMILES string of the molecule is O=C/C(=C\Nc1ccccc1)[N+](=O)[O-]. The minimum absolute atomic E-state index is 0.190. The summed E-state index contributed by atoms with van der Waals surface area (Å²) in [6.07, 6.45) is 1.25. The number of allylic oxidation sites excluding steroid dienone is 1. The number of carbonyl (C=O) groups is 1. The first-order valence-electron chi connectivity index (χ1n) is 3.85. The number of anilines is 1. The summed E-state index contributed by atoms with van der Waals surface area (Å²) in [4.78, 5) is 19.7. The summed E-state index contributed by atoms with van der Waals surface area (Å²) < 4.78 is 0. The van der Waals surface area contributed by atoms with Crippen LogP contribution in [-0.2, 0) is 4.79 Å². The van der Waals surface area contributed by atoms with Crippen molar-refractivity contribution < 1.29 is 9.72 Å². The molecular formula is C9H8N2O3. The smallest absolute Gasteiger partial charge is 0.324 e. The van der Waals surface area contributed by atoms with Crippen molar-refractivity contribution in [2.24, 2.45) is 0 Å².